The van der Waals surface area contributed by atoms with Gasteiger partial charge in [-0.25, -0.2) is 4.98 Å². The van der Waals surface area contributed by atoms with Gasteiger partial charge in [-0.3, -0.25) is 0 Å². The fourth-order valence-corrected chi connectivity index (χ4v) is 2.33. The predicted molar refractivity (Wildman–Crippen MR) is 81.7 cm³/mol. The number of hydrogen-bond donors (Lipinski definition) is 1. The molecule has 0 saturated carbocycles. The van der Waals surface area contributed by atoms with Gasteiger partial charge in [0.05, 0.1) is 12.4 Å². The SMILES string of the molecule is CC(O)CCn1ccnc1-c1cccc(-c2ccco2)c1. The van der Waals surface area contributed by atoms with Crippen molar-refractivity contribution in [2.45, 2.75) is 26.0 Å². The molecule has 21 heavy (non-hydrogen) atoms. The van der Waals surface area contributed by atoms with Gasteiger partial charge in [-0.1, -0.05) is 18.2 Å². The van der Waals surface area contributed by atoms with E-state index in [-0.39, 0.29) is 6.10 Å². The second-order valence-corrected chi connectivity index (χ2v) is 5.14. The number of hydrogen-bond acceptors (Lipinski definition) is 3. The zero-order valence-electron chi connectivity index (χ0n) is 11.9. The molecule has 4 nitrogen and oxygen atoms in total. The first kappa shape index (κ1) is 13.6. The second kappa shape index (κ2) is 5.97. The molecule has 0 saturated heterocycles. The van der Waals surface area contributed by atoms with Gasteiger partial charge in [-0.15, -0.1) is 0 Å². The Balaban J connectivity index is 1.91. The van der Waals surface area contributed by atoms with Gasteiger partial charge in [0.1, 0.15) is 11.6 Å². The molecule has 2 aromatic heterocycles. The molecule has 0 bridgehead atoms. The molecule has 0 aliphatic rings. The maximum atomic E-state index is 9.44. The summed E-state index contributed by atoms with van der Waals surface area (Å²) >= 11 is 0. The van der Waals surface area contributed by atoms with Gasteiger partial charge in [0.2, 0.25) is 0 Å². The summed E-state index contributed by atoms with van der Waals surface area (Å²) in [6.45, 7) is 2.55. The van der Waals surface area contributed by atoms with Gasteiger partial charge in [-0.2, -0.15) is 0 Å². The molecule has 0 spiro atoms. The Bertz CT molecular complexity index is 699. The summed E-state index contributed by atoms with van der Waals surface area (Å²) < 4.78 is 7.50. The van der Waals surface area contributed by atoms with Crippen LogP contribution >= 0.6 is 0 Å². The van der Waals surface area contributed by atoms with Crippen LogP contribution in [0.3, 0.4) is 0 Å². The Morgan fingerprint density at radius 2 is 2.10 bits per heavy atom. The normalized spacial score (nSPS) is 12.5. The van der Waals surface area contributed by atoms with Crippen molar-refractivity contribution in [2.75, 3.05) is 0 Å². The van der Waals surface area contributed by atoms with Crippen LogP contribution in [0.25, 0.3) is 22.7 Å². The minimum absolute atomic E-state index is 0.310. The number of furan rings is 1. The van der Waals surface area contributed by atoms with Crippen molar-refractivity contribution in [3.63, 3.8) is 0 Å². The highest BCUT2D eigenvalue weighted by molar-refractivity contribution is 5.67. The molecule has 3 aromatic rings. The van der Waals surface area contributed by atoms with Gasteiger partial charge in [0, 0.05) is 30.1 Å². The smallest absolute Gasteiger partial charge is 0.139 e. The summed E-state index contributed by atoms with van der Waals surface area (Å²) in [6, 6.07) is 11.9. The molecule has 0 aliphatic heterocycles. The van der Waals surface area contributed by atoms with Crippen molar-refractivity contribution in [3.05, 3.63) is 55.1 Å². The van der Waals surface area contributed by atoms with Gasteiger partial charge >= 0.3 is 0 Å². The molecular formula is C17H18N2O2. The highest BCUT2D eigenvalue weighted by Crippen LogP contribution is 2.26. The Hall–Kier alpha value is -2.33. The quantitative estimate of drug-likeness (QED) is 0.778. The van der Waals surface area contributed by atoms with E-state index in [1.807, 2.05) is 36.5 Å². The lowest BCUT2D eigenvalue weighted by Gasteiger charge is -2.10. The Labute approximate surface area is 123 Å². The lowest BCUT2D eigenvalue weighted by Crippen LogP contribution is -2.07. The number of aliphatic hydroxyl groups is 1. The molecule has 0 fully saturated rings. The van der Waals surface area contributed by atoms with Gasteiger partial charge in [0.25, 0.3) is 0 Å². The largest absolute Gasteiger partial charge is 0.464 e. The van der Waals surface area contributed by atoms with E-state index in [0.717, 1.165) is 29.3 Å². The molecule has 1 atom stereocenters. The summed E-state index contributed by atoms with van der Waals surface area (Å²) in [5, 5.41) is 9.44. The van der Waals surface area contributed by atoms with E-state index < -0.39 is 0 Å². The molecule has 0 aliphatic carbocycles. The fraction of sp³-hybridized carbons (Fsp3) is 0.235. The lowest BCUT2D eigenvalue weighted by atomic mass is 10.1. The van der Waals surface area contributed by atoms with E-state index in [9.17, 15) is 5.11 Å². The second-order valence-electron chi connectivity index (χ2n) is 5.14. The molecule has 4 heteroatoms. The summed E-state index contributed by atoms with van der Waals surface area (Å²) in [5.74, 6) is 1.75. The number of imidazole rings is 1. The average Bonchev–Trinajstić information content (AvgIpc) is 3.16. The highest BCUT2D eigenvalue weighted by atomic mass is 16.3. The molecule has 3 rings (SSSR count). The van der Waals surface area contributed by atoms with Gasteiger partial charge in [0.15, 0.2) is 0 Å². The summed E-state index contributed by atoms with van der Waals surface area (Å²) in [6.07, 6.45) is 5.80. The number of aryl methyl sites for hydroxylation is 1. The highest BCUT2D eigenvalue weighted by Gasteiger charge is 2.09. The molecule has 1 N–H and O–H groups in total. The van der Waals surface area contributed by atoms with E-state index >= 15 is 0 Å². The first-order valence-corrected chi connectivity index (χ1v) is 7.07. The summed E-state index contributed by atoms with van der Waals surface area (Å²) in [4.78, 5) is 4.44. The van der Waals surface area contributed by atoms with E-state index in [0.29, 0.717) is 6.42 Å². The van der Waals surface area contributed by atoms with Crippen molar-refractivity contribution in [1.29, 1.82) is 0 Å². The summed E-state index contributed by atoms with van der Waals surface area (Å²) in [7, 11) is 0. The van der Waals surface area contributed by atoms with Crippen molar-refractivity contribution >= 4 is 0 Å². The molecular weight excluding hydrogens is 264 g/mol. The topological polar surface area (TPSA) is 51.2 Å². The van der Waals surface area contributed by atoms with E-state index in [2.05, 4.69) is 15.6 Å². The molecule has 2 heterocycles. The van der Waals surface area contributed by atoms with Crippen LogP contribution in [0.2, 0.25) is 0 Å². The number of aliphatic hydroxyl groups excluding tert-OH is 1. The van der Waals surface area contributed by atoms with Crippen LogP contribution in [0.15, 0.2) is 59.5 Å². The molecule has 0 radical (unpaired) electrons. The predicted octanol–water partition coefficient (Wildman–Crippen LogP) is 3.58. The maximum absolute atomic E-state index is 9.44. The van der Waals surface area contributed by atoms with E-state index in [4.69, 9.17) is 4.42 Å². The van der Waals surface area contributed by atoms with Crippen molar-refractivity contribution in [1.82, 2.24) is 9.55 Å². The average molecular weight is 282 g/mol. The van der Waals surface area contributed by atoms with Gasteiger partial charge in [-0.05, 0) is 31.5 Å². The zero-order valence-corrected chi connectivity index (χ0v) is 11.9. The Morgan fingerprint density at radius 3 is 2.86 bits per heavy atom. The molecule has 1 aromatic carbocycles. The third kappa shape index (κ3) is 3.06. The van der Waals surface area contributed by atoms with Crippen molar-refractivity contribution in [2.24, 2.45) is 0 Å². The lowest BCUT2D eigenvalue weighted by molar-refractivity contribution is 0.178. The third-order valence-electron chi connectivity index (χ3n) is 3.43. The van der Waals surface area contributed by atoms with Crippen LogP contribution in [0.4, 0.5) is 0 Å². The van der Waals surface area contributed by atoms with E-state index in [1.165, 1.54) is 0 Å². The molecule has 0 amide bonds. The van der Waals surface area contributed by atoms with E-state index in [1.54, 1.807) is 19.4 Å². The van der Waals surface area contributed by atoms with Crippen LogP contribution in [0.1, 0.15) is 13.3 Å². The number of nitrogens with zero attached hydrogens (tertiary/aromatic N) is 2. The minimum Gasteiger partial charge on any atom is -0.464 e. The first-order valence-electron chi connectivity index (χ1n) is 7.07. The van der Waals surface area contributed by atoms with Crippen LogP contribution in [0, 0.1) is 0 Å². The molecule has 1 unspecified atom stereocenters. The van der Waals surface area contributed by atoms with Crippen LogP contribution in [0.5, 0.6) is 0 Å². The number of benzene rings is 1. The Kier molecular flexibility index (Phi) is 3.88. The maximum Gasteiger partial charge on any atom is 0.139 e. The third-order valence-corrected chi connectivity index (χ3v) is 3.43. The van der Waals surface area contributed by atoms with Crippen molar-refractivity contribution < 1.29 is 9.52 Å². The Morgan fingerprint density at radius 1 is 1.24 bits per heavy atom. The van der Waals surface area contributed by atoms with Crippen LogP contribution < -0.4 is 0 Å². The van der Waals surface area contributed by atoms with Crippen LogP contribution in [-0.4, -0.2) is 20.8 Å². The minimum atomic E-state index is -0.310. The molecule has 108 valence electrons. The number of rotatable bonds is 5. The van der Waals surface area contributed by atoms with Gasteiger partial charge < -0.3 is 14.1 Å². The summed E-state index contributed by atoms with van der Waals surface area (Å²) in [5.41, 5.74) is 2.07. The fourth-order valence-electron chi connectivity index (χ4n) is 2.33. The van der Waals surface area contributed by atoms with Crippen molar-refractivity contribution in [3.8, 4) is 22.7 Å². The standard InChI is InChI=1S/C17H18N2O2/c1-13(20)7-9-19-10-8-18-17(19)15-5-2-4-14(12-15)16-6-3-11-21-16/h2-6,8,10-13,20H,7,9H2,1H3. The zero-order chi connectivity index (χ0) is 14.7. The monoisotopic (exact) mass is 282 g/mol. The first-order chi connectivity index (χ1) is 10.2. The van der Waals surface area contributed by atoms with Crippen LogP contribution in [-0.2, 0) is 6.54 Å². The number of aromatic nitrogens is 2.